The molecule has 1 aromatic rings. The van der Waals surface area contributed by atoms with Crippen LogP contribution < -0.4 is 5.73 Å². The Morgan fingerprint density at radius 1 is 1.16 bits per heavy atom. The molecule has 2 rings (SSSR count). The van der Waals surface area contributed by atoms with Crippen LogP contribution in [0.1, 0.15) is 51.2 Å². The summed E-state index contributed by atoms with van der Waals surface area (Å²) in [6.07, 6.45) is 4.58. The third kappa shape index (κ3) is 4.30. The Balaban J connectivity index is 2.00. The molecule has 1 aromatic carbocycles. The van der Waals surface area contributed by atoms with Gasteiger partial charge in [0, 0.05) is 6.42 Å². The molecule has 1 heterocycles. The third-order valence-electron chi connectivity index (χ3n) is 3.51. The van der Waals surface area contributed by atoms with Crippen molar-refractivity contribution in [2.45, 2.75) is 57.5 Å². The first-order valence-electron chi connectivity index (χ1n) is 7.21. The van der Waals surface area contributed by atoms with Crippen LogP contribution in [-0.4, -0.2) is 18.4 Å². The van der Waals surface area contributed by atoms with E-state index in [0.717, 1.165) is 32.2 Å². The molecule has 0 radical (unpaired) electrons. The lowest BCUT2D eigenvalue weighted by atomic mass is 9.98. The summed E-state index contributed by atoms with van der Waals surface area (Å²) >= 11 is 0. The number of rotatable bonds is 5. The van der Waals surface area contributed by atoms with Crippen LogP contribution in [0.5, 0.6) is 0 Å². The lowest BCUT2D eigenvalue weighted by Crippen LogP contribution is -2.41. The van der Waals surface area contributed by atoms with Crippen LogP contribution >= 0.6 is 0 Å². The first-order chi connectivity index (χ1) is 9.11. The third-order valence-corrected chi connectivity index (χ3v) is 3.51. The fraction of sp³-hybridized carbons (Fsp3) is 0.625. The number of ether oxygens (including phenoxy) is 2. The lowest BCUT2D eigenvalue weighted by Gasteiger charge is -2.41. The van der Waals surface area contributed by atoms with E-state index in [1.807, 2.05) is 19.9 Å². The van der Waals surface area contributed by atoms with Gasteiger partial charge in [-0.25, -0.2) is 0 Å². The molecule has 0 aromatic heterocycles. The van der Waals surface area contributed by atoms with E-state index < -0.39 is 5.79 Å². The summed E-state index contributed by atoms with van der Waals surface area (Å²) in [5, 5.41) is 0. The molecular weight excluding hydrogens is 238 g/mol. The fourth-order valence-electron chi connectivity index (χ4n) is 2.67. The molecule has 1 saturated heterocycles. The van der Waals surface area contributed by atoms with Gasteiger partial charge >= 0.3 is 0 Å². The van der Waals surface area contributed by atoms with Crippen molar-refractivity contribution in [2.75, 3.05) is 6.54 Å². The van der Waals surface area contributed by atoms with Crippen molar-refractivity contribution in [1.82, 2.24) is 0 Å². The van der Waals surface area contributed by atoms with Crippen LogP contribution in [0.15, 0.2) is 30.3 Å². The van der Waals surface area contributed by atoms with Gasteiger partial charge in [-0.2, -0.15) is 0 Å². The molecule has 0 amide bonds. The van der Waals surface area contributed by atoms with E-state index in [-0.39, 0.29) is 12.2 Å². The molecule has 2 N–H and O–H groups in total. The van der Waals surface area contributed by atoms with Gasteiger partial charge in [-0.3, -0.25) is 0 Å². The van der Waals surface area contributed by atoms with Crippen LogP contribution in [0, 0.1) is 0 Å². The SMILES string of the molecule is CC1(C)O[C@H](CCCCN)C[C@@H](c2ccccc2)O1. The van der Waals surface area contributed by atoms with E-state index in [1.165, 1.54) is 5.56 Å². The van der Waals surface area contributed by atoms with Crippen molar-refractivity contribution in [3.05, 3.63) is 35.9 Å². The molecule has 0 spiro atoms. The van der Waals surface area contributed by atoms with Crippen molar-refractivity contribution < 1.29 is 9.47 Å². The summed E-state index contributed by atoms with van der Waals surface area (Å²) < 4.78 is 12.1. The molecule has 0 aliphatic carbocycles. The number of unbranched alkanes of at least 4 members (excludes halogenated alkanes) is 1. The second kappa shape index (κ2) is 6.51. The number of nitrogens with two attached hydrogens (primary N) is 1. The zero-order valence-electron chi connectivity index (χ0n) is 12.0. The number of hydrogen-bond acceptors (Lipinski definition) is 3. The maximum atomic E-state index is 6.05. The van der Waals surface area contributed by atoms with E-state index in [1.54, 1.807) is 0 Å². The Morgan fingerprint density at radius 2 is 1.89 bits per heavy atom. The zero-order chi connectivity index (χ0) is 13.7. The summed E-state index contributed by atoms with van der Waals surface area (Å²) in [5.41, 5.74) is 6.79. The van der Waals surface area contributed by atoms with Gasteiger partial charge in [0.05, 0.1) is 12.2 Å². The molecule has 1 fully saturated rings. The van der Waals surface area contributed by atoms with Crippen LogP contribution in [0.4, 0.5) is 0 Å². The quantitative estimate of drug-likeness (QED) is 0.828. The normalized spacial score (nSPS) is 26.3. The summed E-state index contributed by atoms with van der Waals surface area (Å²) in [5.74, 6) is -0.508. The Kier molecular flexibility index (Phi) is 4.97. The van der Waals surface area contributed by atoms with Gasteiger partial charge in [-0.15, -0.1) is 0 Å². The second-order valence-electron chi connectivity index (χ2n) is 5.68. The van der Waals surface area contributed by atoms with Gasteiger partial charge in [-0.1, -0.05) is 30.3 Å². The predicted molar refractivity (Wildman–Crippen MR) is 76.7 cm³/mol. The van der Waals surface area contributed by atoms with E-state index in [4.69, 9.17) is 15.2 Å². The number of benzene rings is 1. The highest BCUT2D eigenvalue weighted by molar-refractivity contribution is 5.18. The molecule has 3 nitrogen and oxygen atoms in total. The molecule has 0 bridgehead atoms. The first kappa shape index (κ1) is 14.5. The summed E-state index contributed by atoms with van der Waals surface area (Å²) in [6.45, 7) is 4.75. The molecule has 0 unspecified atom stereocenters. The van der Waals surface area contributed by atoms with Crippen molar-refractivity contribution in [2.24, 2.45) is 5.73 Å². The Bertz CT molecular complexity index is 378. The molecule has 19 heavy (non-hydrogen) atoms. The highest BCUT2D eigenvalue weighted by Crippen LogP contribution is 2.37. The fourth-order valence-corrected chi connectivity index (χ4v) is 2.67. The molecular formula is C16H25NO2. The minimum absolute atomic E-state index is 0.132. The van der Waals surface area contributed by atoms with Crippen LogP contribution in [0.2, 0.25) is 0 Å². The van der Waals surface area contributed by atoms with Crippen LogP contribution in [0.3, 0.4) is 0 Å². The highest BCUT2D eigenvalue weighted by atomic mass is 16.7. The van der Waals surface area contributed by atoms with Gasteiger partial charge < -0.3 is 15.2 Å². The molecule has 1 aliphatic heterocycles. The lowest BCUT2D eigenvalue weighted by molar-refractivity contribution is -0.303. The van der Waals surface area contributed by atoms with Gasteiger partial charge in [-0.05, 0) is 45.2 Å². The Morgan fingerprint density at radius 3 is 2.58 bits per heavy atom. The van der Waals surface area contributed by atoms with Crippen LogP contribution in [0.25, 0.3) is 0 Å². The largest absolute Gasteiger partial charge is 0.347 e. The minimum atomic E-state index is -0.508. The molecule has 3 heteroatoms. The van der Waals surface area contributed by atoms with Crippen molar-refractivity contribution >= 4 is 0 Å². The van der Waals surface area contributed by atoms with Crippen molar-refractivity contribution in [1.29, 1.82) is 0 Å². The van der Waals surface area contributed by atoms with E-state index in [0.29, 0.717) is 0 Å². The number of hydrogen-bond donors (Lipinski definition) is 1. The average molecular weight is 263 g/mol. The highest BCUT2D eigenvalue weighted by Gasteiger charge is 2.35. The predicted octanol–water partition coefficient (Wildman–Crippen LogP) is 3.40. The Hall–Kier alpha value is -0.900. The van der Waals surface area contributed by atoms with Crippen molar-refractivity contribution in [3.8, 4) is 0 Å². The zero-order valence-corrected chi connectivity index (χ0v) is 12.0. The summed E-state index contributed by atoms with van der Waals surface area (Å²) in [7, 11) is 0. The maximum Gasteiger partial charge on any atom is 0.163 e. The molecule has 0 saturated carbocycles. The second-order valence-corrected chi connectivity index (χ2v) is 5.68. The topological polar surface area (TPSA) is 44.5 Å². The van der Waals surface area contributed by atoms with Gasteiger partial charge in [0.1, 0.15) is 0 Å². The maximum absolute atomic E-state index is 6.05. The Labute approximate surface area is 116 Å². The first-order valence-corrected chi connectivity index (χ1v) is 7.21. The summed E-state index contributed by atoms with van der Waals surface area (Å²) in [6, 6.07) is 10.4. The monoisotopic (exact) mass is 263 g/mol. The smallest absolute Gasteiger partial charge is 0.163 e. The summed E-state index contributed by atoms with van der Waals surface area (Å²) in [4.78, 5) is 0. The molecule has 1 aliphatic rings. The minimum Gasteiger partial charge on any atom is -0.347 e. The van der Waals surface area contributed by atoms with Crippen molar-refractivity contribution in [3.63, 3.8) is 0 Å². The van der Waals surface area contributed by atoms with Gasteiger partial charge in [0.15, 0.2) is 5.79 Å². The van der Waals surface area contributed by atoms with E-state index >= 15 is 0 Å². The standard InChI is InChI=1S/C16H25NO2/c1-16(2)18-14(10-6-7-11-17)12-15(19-16)13-8-4-3-5-9-13/h3-5,8-9,14-15H,6-7,10-12,17H2,1-2H3/t14-,15+/m1/s1. The molecule has 2 atom stereocenters. The van der Waals surface area contributed by atoms with Crippen LogP contribution in [-0.2, 0) is 9.47 Å². The average Bonchev–Trinajstić information content (AvgIpc) is 2.38. The van der Waals surface area contributed by atoms with E-state index in [9.17, 15) is 0 Å². The van der Waals surface area contributed by atoms with Gasteiger partial charge in [0.2, 0.25) is 0 Å². The van der Waals surface area contributed by atoms with Gasteiger partial charge in [0.25, 0.3) is 0 Å². The van der Waals surface area contributed by atoms with E-state index in [2.05, 4.69) is 24.3 Å². The molecule has 106 valence electrons.